The zero-order valence-electron chi connectivity index (χ0n) is 16.5. The zero-order valence-corrected chi connectivity index (χ0v) is 16.5. The summed E-state index contributed by atoms with van der Waals surface area (Å²) < 4.78 is 24.8. The average molecular weight is 425 g/mol. The number of carboxylic acids is 1. The van der Waals surface area contributed by atoms with Crippen LogP contribution in [0.15, 0.2) is 48.7 Å². The number of hydrogen-bond acceptors (Lipinski definition) is 7. The molecule has 9 nitrogen and oxygen atoms in total. The summed E-state index contributed by atoms with van der Waals surface area (Å²) in [5.41, 5.74) is 3.14. The SMILES string of the molecule is C=C1COC(c2nc(-c3ccc(F)cc3)c(-c3ccnc(NCCC(=O)O)n3)[nH]2)OC1. The number of imidazole rings is 1. The average Bonchev–Trinajstić information content (AvgIpc) is 3.20. The lowest BCUT2D eigenvalue weighted by Gasteiger charge is -2.22. The third-order valence-corrected chi connectivity index (χ3v) is 4.47. The summed E-state index contributed by atoms with van der Waals surface area (Å²) in [5, 5.41) is 11.7. The van der Waals surface area contributed by atoms with Gasteiger partial charge in [0.05, 0.1) is 36.7 Å². The van der Waals surface area contributed by atoms with E-state index in [0.717, 1.165) is 5.57 Å². The second kappa shape index (κ2) is 9.02. The summed E-state index contributed by atoms with van der Waals surface area (Å²) in [6, 6.07) is 7.64. The van der Waals surface area contributed by atoms with Crippen LogP contribution in [0.4, 0.5) is 10.3 Å². The van der Waals surface area contributed by atoms with Crippen molar-refractivity contribution in [3.63, 3.8) is 0 Å². The monoisotopic (exact) mass is 425 g/mol. The maximum atomic E-state index is 13.4. The van der Waals surface area contributed by atoms with Crippen LogP contribution in [0.1, 0.15) is 18.5 Å². The summed E-state index contributed by atoms with van der Waals surface area (Å²) in [7, 11) is 0. The standard InChI is InChI=1S/C21H20FN5O4/c1-12-10-30-20(31-11-12)19-26-17(13-2-4-14(22)5-3-13)18(27-19)15-6-8-23-21(25-15)24-9-7-16(28)29/h2-6,8,20H,1,7,9-11H2,(H,26,27)(H,28,29)(H,23,24,25). The van der Waals surface area contributed by atoms with Gasteiger partial charge in [-0.25, -0.2) is 19.3 Å². The minimum absolute atomic E-state index is 0.0652. The first-order valence-electron chi connectivity index (χ1n) is 9.54. The highest BCUT2D eigenvalue weighted by molar-refractivity contribution is 5.77. The second-order valence-corrected chi connectivity index (χ2v) is 6.89. The predicted molar refractivity (Wildman–Crippen MR) is 110 cm³/mol. The van der Waals surface area contributed by atoms with Crippen LogP contribution in [-0.4, -0.2) is 50.8 Å². The number of ether oxygens (including phenoxy) is 2. The van der Waals surface area contributed by atoms with Crippen LogP contribution >= 0.6 is 0 Å². The molecule has 3 heterocycles. The number of carbonyl (C=O) groups is 1. The number of H-pyrrole nitrogens is 1. The number of aromatic nitrogens is 4. The molecule has 0 unspecified atom stereocenters. The molecule has 0 amide bonds. The molecule has 10 heteroatoms. The van der Waals surface area contributed by atoms with Crippen LogP contribution in [-0.2, 0) is 14.3 Å². The first kappa shape index (κ1) is 20.6. The van der Waals surface area contributed by atoms with Crippen molar-refractivity contribution in [2.75, 3.05) is 25.1 Å². The lowest BCUT2D eigenvalue weighted by atomic mass is 10.1. The Hall–Kier alpha value is -3.63. The predicted octanol–water partition coefficient (Wildman–Crippen LogP) is 3.16. The third kappa shape index (κ3) is 4.93. The number of aliphatic carboxylic acids is 1. The molecule has 1 aromatic carbocycles. The Morgan fingerprint density at radius 1 is 1.23 bits per heavy atom. The number of anilines is 1. The molecule has 4 rings (SSSR count). The summed E-state index contributed by atoms with van der Waals surface area (Å²) in [6.45, 7) is 4.74. The van der Waals surface area contributed by atoms with E-state index >= 15 is 0 Å². The number of carboxylic acid groups (broad SMARTS) is 1. The van der Waals surface area contributed by atoms with Crippen LogP contribution < -0.4 is 5.32 Å². The molecule has 1 aliphatic heterocycles. The topological polar surface area (TPSA) is 122 Å². The van der Waals surface area contributed by atoms with Crippen molar-refractivity contribution in [1.82, 2.24) is 19.9 Å². The van der Waals surface area contributed by atoms with E-state index in [9.17, 15) is 9.18 Å². The van der Waals surface area contributed by atoms with Crippen LogP contribution in [0.25, 0.3) is 22.6 Å². The van der Waals surface area contributed by atoms with Crippen molar-refractivity contribution in [1.29, 1.82) is 0 Å². The maximum absolute atomic E-state index is 13.4. The molecule has 1 saturated heterocycles. The highest BCUT2D eigenvalue weighted by atomic mass is 19.1. The number of rotatable bonds is 7. The highest BCUT2D eigenvalue weighted by Crippen LogP contribution is 2.33. The number of halogens is 1. The molecule has 0 saturated carbocycles. The molecule has 31 heavy (non-hydrogen) atoms. The molecule has 160 valence electrons. The van der Waals surface area contributed by atoms with E-state index in [1.54, 1.807) is 24.4 Å². The molecule has 0 atom stereocenters. The van der Waals surface area contributed by atoms with Gasteiger partial charge in [0.1, 0.15) is 5.82 Å². The summed E-state index contributed by atoms with van der Waals surface area (Å²) >= 11 is 0. The van der Waals surface area contributed by atoms with Gasteiger partial charge in [-0.1, -0.05) is 6.58 Å². The second-order valence-electron chi connectivity index (χ2n) is 6.89. The largest absolute Gasteiger partial charge is 0.481 e. The summed E-state index contributed by atoms with van der Waals surface area (Å²) in [4.78, 5) is 27.1. The molecule has 3 aromatic rings. The van der Waals surface area contributed by atoms with Gasteiger partial charge in [0.2, 0.25) is 12.2 Å². The molecule has 0 bridgehead atoms. The molecule has 1 fully saturated rings. The normalized spacial score (nSPS) is 14.5. The van der Waals surface area contributed by atoms with E-state index in [4.69, 9.17) is 14.6 Å². The van der Waals surface area contributed by atoms with Crippen LogP contribution in [0.3, 0.4) is 0 Å². The first-order chi connectivity index (χ1) is 15.0. The Labute approximate surface area is 177 Å². The summed E-state index contributed by atoms with van der Waals surface area (Å²) in [6.07, 6.45) is 0.788. The Kier molecular flexibility index (Phi) is 6.01. The Bertz CT molecular complexity index is 1090. The Balaban J connectivity index is 1.69. The molecule has 0 radical (unpaired) electrons. The number of aromatic amines is 1. The van der Waals surface area contributed by atoms with Gasteiger partial charge in [0.25, 0.3) is 0 Å². The smallest absolute Gasteiger partial charge is 0.305 e. The lowest BCUT2D eigenvalue weighted by Crippen LogP contribution is -2.20. The van der Waals surface area contributed by atoms with Gasteiger partial charge in [-0.3, -0.25) is 4.79 Å². The Morgan fingerprint density at radius 3 is 2.68 bits per heavy atom. The zero-order chi connectivity index (χ0) is 21.8. The number of nitrogens with one attached hydrogen (secondary N) is 2. The molecular weight excluding hydrogens is 405 g/mol. The van der Waals surface area contributed by atoms with E-state index in [1.807, 2.05) is 0 Å². The van der Waals surface area contributed by atoms with Crippen molar-refractivity contribution < 1.29 is 23.8 Å². The quantitative estimate of drug-likeness (QED) is 0.494. The van der Waals surface area contributed by atoms with Crippen molar-refractivity contribution in [3.05, 3.63) is 60.3 Å². The van der Waals surface area contributed by atoms with Gasteiger partial charge in [0, 0.05) is 18.3 Å². The van der Waals surface area contributed by atoms with Crippen LogP contribution in [0.5, 0.6) is 0 Å². The van der Waals surface area contributed by atoms with Crippen LogP contribution in [0, 0.1) is 5.82 Å². The minimum Gasteiger partial charge on any atom is -0.481 e. The van der Waals surface area contributed by atoms with Crippen LogP contribution in [0.2, 0.25) is 0 Å². The van der Waals surface area contributed by atoms with Gasteiger partial charge >= 0.3 is 5.97 Å². The number of hydrogen-bond donors (Lipinski definition) is 3. The Morgan fingerprint density at radius 2 is 1.97 bits per heavy atom. The fraction of sp³-hybridized carbons (Fsp3) is 0.238. The molecule has 0 spiro atoms. The fourth-order valence-corrected chi connectivity index (χ4v) is 3.00. The van der Waals surface area contributed by atoms with E-state index in [-0.39, 0.29) is 24.7 Å². The van der Waals surface area contributed by atoms with Gasteiger partial charge in [0.15, 0.2) is 5.82 Å². The van der Waals surface area contributed by atoms with Gasteiger partial charge in [-0.05, 0) is 35.9 Å². The van der Waals surface area contributed by atoms with E-state index in [0.29, 0.717) is 41.7 Å². The van der Waals surface area contributed by atoms with Gasteiger partial charge < -0.3 is 24.9 Å². The molecule has 3 N–H and O–H groups in total. The van der Waals surface area contributed by atoms with Crippen molar-refractivity contribution in [3.8, 4) is 22.6 Å². The number of benzene rings is 1. The minimum atomic E-state index is -0.921. The number of nitrogens with zero attached hydrogens (tertiary/aromatic N) is 3. The van der Waals surface area contributed by atoms with Crippen molar-refractivity contribution >= 4 is 11.9 Å². The van der Waals surface area contributed by atoms with E-state index in [2.05, 4.69) is 31.8 Å². The maximum Gasteiger partial charge on any atom is 0.305 e. The fourth-order valence-electron chi connectivity index (χ4n) is 3.00. The van der Waals surface area contributed by atoms with E-state index < -0.39 is 12.3 Å². The van der Waals surface area contributed by atoms with Gasteiger partial charge in [-0.2, -0.15) is 0 Å². The highest BCUT2D eigenvalue weighted by Gasteiger charge is 2.25. The molecule has 1 aliphatic rings. The summed E-state index contributed by atoms with van der Waals surface area (Å²) in [5.74, 6) is -0.552. The van der Waals surface area contributed by atoms with Crippen molar-refractivity contribution in [2.24, 2.45) is 0 Å². The van der Waals surface area contributed by atoms with Crippen molar-refractivity contribution in [2.45, 2.75) is 12.7 Å². The third-order valence-electron chi connectivity index (χ3n) is 4.47. The molecule has 0 aliphatic carbocycles. The lowest BCUT2D eigenvalue weighted by molar-refractivity contribution is -0.165. The van der Waals surface area contributed by atoms with Gasteiger partial charge in [-0.15, -0.1) is 0 Å². The molecule has 2 aromatic heterocycles. The van der Waals surface area contributed by atoms with E-state index in [1.165, 1.54) is 12.1 Å². The molecular formula is C21H20FN5O4. The first-order valence-corrected chi connectivity index (χ1v) is 9.54.